The minimum absolute atomic E-state index is 0.207. The summed E-state index contributed by atoms with van der Waals surface area (Å²) in [6, 6.07) is 7.34. The van der Waals surface area contributed by atoms with Gasteiger partial charge in [-0.25, -0.2) is 14.8 Å². The molecular formula is C13H9N3O2S2. The second-order valence-corrected chi connectivity index (χ2v) is 6.03. The number of aromatic nitrogens is 3. The largest absolute Gasteiger partial charge is 0.478 e. The van der Waals surface area contributed by atoms with E-state index in [9.17, 15) is 9.90 Å². The van der Waals surface area contributed by atoms with Crippen LogP contribution in [0.15, 0.2) is 39.8 Å². The molecule has 0 saturated heterocycles. The number of carbonyl (C=O) groups is 1. The molecule has 0 saturated carbocycles. The number of aromatic carboxylic acids is 1. The second-order valence-electron chi connectivity index (χ2n) is 4.04. The second kappa shape index (κ2) is 5.18. The van der Waals surface area contributed by atoms with Crippen LogP contribution in [0.1, 0.15) is 16.2 Å². The van der Waals surface area contributed by atoms with Gasteiger partial charge in [-0.2, -0.15) is 4.37 Å². The highest BCUT2D eigenvalue weighted by Gasteiger charge is 2.14. The van der Waals surface area contributed by atoms with Gasteiger partial charge in [0.15, 0.2) is 4.34 Å². The number of pyridine rings is 1. The average Bonchev–Trinajstić information content (AvgIpc) is 2.84. The van der Waals surface area contributed by atoms with Gasteiger partial charge in [-0.1, -0.05) is 24.3 Å². The highest BCUT2D eigenvalue weighted by atomic mass is 32.2. The van der Waals surface area contributed by atoms with E-state index in [1.54, 1.807) is 6.07 Å². The van der Waals surface area contributed by atoms with E-state index in [0.717, 1.165) is 20.6 Å². The number of carboxylic acids is 1. The van der Waals surface area contributed by atoms with Crippen molar-refractivity contribution in [2.45, 2.75) is 16.3 Å². The van der Waals surface area contributed by atoms with Gasteiger partial charge in [0.05, 0.1) is 5.56 Å². The molecule has 2 aromatic heterocycles. The van der Waals surface area contributed by atoms with Gasteiger partial charge in [0, 0.05) is 17.0 Å². The van der Waals surface area contributed by atoms with Gasteiger partial charge in [0.25, 0.3) is 0 Å². The van der Waals surface area contributed by atoms with Gasteiger partial charge in [-0.05, 0) is 30.2 Å². The number of hydrogen-bond donors (Lipinski definition) is 1. The van der Waals surface area contributed by atoms with E-state index >= 15 is 0 Å². The molecule has 1 aromatic carbocycles. The standard InChI is InChI=1S/C13H9N3O2S2/c1-7-15-13(20-16-7)19-11-9-5-3-2-4-8(9)10(6-14-11)12(17)18/h2-6H,1H3,(H,17,18). The van der Waals surface area contributed by atoms with Crippen molar-refractivity contribution in [2.24, 2.45) is 0 Å². The Morgan fingerprint density at radius 1 is 1.30 bits per heavy atom. The van der Waals surface area contributed by atoms with E-state index in [0.29, 0.717) is 5.39 Å². The Balaban J connectivity index is 2.12. The van der Waals surface area contributed by atoms with Crippen LogP contribution < -0.4 is 0 Å². The Morgan fingerprint density at radius 3 is 2.70 bits per heavy atom. The molecule has 0 amide bonds. The lowest BCUT2D eigenvalue weighted by Gasteiger charge is -2.06. The van der Waals surface area contributed by atoms with Crippen LogP contribution in [0, 0.1) is 6.92 Å². The van der Waals surface area contributed by atoms with Crippen molar-refractivity contribution < 1.29 is 9.90 Å². The molecule has 5 nitrogen and oxygen atoms in total. The number of fused-ring (bicyclic) bond motifs is 1. The smallest absolute Gasteiger partial charge is 0.337 e. The topological polar surface area (TPSA) is 76.0 Å². The molecule has 3 rings (SSSR count). The van der Waals surface area contributed by atoms with Crippen molar-refractivity contribution in [3.05, 3.63) is 41.9 Å². The summed E-state index contributed by atoms with van der Waals surface area (Å²) in [6.07, 6.45) is 1.39. The Morgan fingerprint density at radius 2 is 2.05 bits per heavy atom. The highest BCUT2D eigenvalue weighted by molar-refractivity contribution is 8.01. The van der Waals surface area contributed by atoms with Gasteiger partial charge in [-0.3, -0.25) is 0 Å². The molecule has 0 aliphatic rings. The van der Waals surface area contributed by atoms with E-state index in [1.165, 1.54) is 29.5 Å². The monoisotopic (exact) mass is 303 g/mol. The van der Waals surface area contributed by atoms with Crippen molar-refractivity contribution >= 4 is 40.0 Å². The van der Waals surface area contributed by atoms with Gasteiger partial charge in [0.2, 0.25) is 0 Å². The maximum absolute atomic E-state index is 11.2. The molecule has 20 heavy (non-hydrogen) atoms. The molecular weight excluding hydrogens is 294 g/mol. The number of benzene rings is 1. The molecule has 0 atom stereocenters. The zero-order chi connectivity index (χ0) is 14.1. The molecule has 0 radical (unpaired) electrons. The van der Waals surface area contributed by atoms with Crippen molar-refractivity contribution in [1.29, 1.82) is 0 Å². The molecule has 0 aliphatic heterocycles. The van der Waals surface area contributed by atoms with Crippen LogP contribution in [-0.2, 0) is 0 Å². The molecule has 7 heteroatoms. The lowest BCUT2D eigenvalue weighted by molar-refractivity contribution is 0.0698. The van der Waals surface area contributed by atoms with Crippen molar-refractivity contribution in [1.82, 2.24) is 14.3 Å². The number of carboxylic acid groups (broad SMARTS) is 1. The first-order valence-corrected chi connectivity index (χ1v) is 7.33. The quantitative estimate of drug-likeness (QED) is 0.800. The maximum Gasteiger partial charge on any atom is 0.337 e. The molecule has 1 N–H and O–H groups in total. The Hall–Kier alpha value is -1.99. The van der Waals surface area contributed by atoms with Crippen molar-refractivity contribution in [3.63, 3.8) is 0 Å². The minimum Gasteiger partial charge on any atom is -0.478 e. The maximum atomic E-state index is 11.2. The first-order chi connectivity index (χ1) is 9.65. The van der Waals surface area contributed by atoms with Crippen LogP contribution >= 0.6 is 23.3 Å². The van der Waals surface area contributed by atoms with E-state index in [4.69, 9.17) is 0 Å². The Bertz CT molecular complexity index is 801. The molecule has 100 valence electrons. The third-order valence-corrected chi connectivity index (χ3v) is 4.54. The fourth-order valence-electron chi connectivity index (χ4n) is 1.82. The summed E-state index contributed by atoms with van der Waals surface area (Å²) in [6.45, 7) is 1.83. The predicted octanol–water partition coefficient (Wildman–Crippen LogP) is 3.24. The summed E-state index contributed by atoms with van der Waals surface area (Å²) in [5.74, 6) is -0.249. The minimum atomic E-state index is -0.975. The third-order valence-electron chi connectivity index (χ3n) is 2.68. The van der Waals surface area contributed by atoms with Gasteiger partial charge in [-0.15, -0.1) is 0 Å². The molecule has 0 unspecified atom stereocenters. The third kappa shape index (κ3) is 2.37. The summed E-state index contributed by atoms with van der Waals surface area (Å²) < 4.78 is 4.92. The Kier molecular flexibility index (Phi) is 3.37. The molecule has 2 heterocycles. The van der Waals surface area contributed by atoms with Crippen LogP contribution in [-0.4, -0.2) is 25.4 Å². The predicted molar refractivity (Wildman–Crippen MR) is 77.5 cm³/mol. The molecule has 0 bridgehead atoms. The van der Waals surface area contributed by atoms with Crippen LogP contribution in [0.25, 0.3) is 10.8 Å². The normalized spacial score (nSPS) is 10.8. The number of hydrogen-bond acceptors (Lipinski definition) is 6. The van der Waals surface area contributed by atoms with Crippen LogP contribution in [0.2, 0.25) is 0 Å². The van der Waals surface area contributed by atoms with Crippen LogP contribution in [0.3, 0.4) is 0 Å². The molecule has 0 aliphatic carbocycles. The summed E-state index contributed by atoms with van der Waals surface area (Å²) in [5, 5.41) is 11.4. The number of nitrogens with zero attached hydrogens (tertiary/aromatic N) is 3. The van der Waals surface area contributed by atoms with Crippen LogP contribution in [0.5, 0.6) is 0 Å². The fourth-order valence-corrected chi connectivity index (χ4v) is 3.48. The van der Waals surface area contributed by atoms with Gasteiger partial charge in [0.1, 0.15) is 10.9 Å². The first kappa shape index (κ1) is 13.0. The summed E-state index contributed by atoms with van der Waals surface area (Å²) >= 11 is 2.71. The summed E-state index contributed by atoms with van der Waals surface area (Å²) in [5.41, 5.74) is 0.207. The lowest BCUT2D eigenvalue weighted by atomic mass is 10.1. The Labute approximate surface area is 122 Å². The zero-order valence-corrected chi connectivity index (χ0v) is 12.0. The van der Waals surface area contributed by atoms with E-state index < -0.39 is 5.97 Å². The van der Waals surface area contributed by atoms with Gasteiger partial charge < -0.3 is 5.11 Å². The van der Waals surface area contributed by atoms with Crippen molar-refractivity contribution in [2.75, 3.05) is 0 Å². The summed E-state index contributed by atoms with van der Waals surface area (Å²) in [4.78, 5) is 19.8. The SMILES string of the molecule is Cc1nsc(Sc2ncc(C(=O)O)c3ccccc23)n1. The molecule has 0 fully saturated rings. The highest BCUT2D eigenvalue weighted by Crippen LogP contribution is 2.33. The lowest BCUT2D eigenvalue weighted by Crippen LogP contribution is -1.99. The zero-order valence-electron chi connectivity index (χ0n) is 10.4. The molecule has 3 aromatic rings. The summed E-state index contributed by atoms with van der Waals surface area (Å²) in [7, 11) is 0. The van der Waals surface area contributed by atoms with Crippen molar-refractivity contribution in [3.8, 4) is 0 Å². The molecule has 0 spiro atoms. The number of rotatable bonds is 3. The van der Waals surface area contributed by atoms with E-state index in [1.807, 2.05) is 25.1 Å². The first-order valence-electron chi connectivity index (χ1n) is 5.74. The average molecular weight is 303 g/mol. The fraction of sp³-hybridized carbons (Fsp3) is 0.0769. The van der Waals surface area contributed by atoms with Crippen LogP contribution in [0.4, 0.5) is 0 Å². The number of aryl methyl sites for hydroxylation is 1. The van der Waals surface area contributed by atoms with E-state index in [-0.39, 0.29) is 5.56 Å². The van der Waals surface area contributed by atoms with E-state index in [2.05, 4.69) is 14.3 Å². The van der Waals surface area contributed by atoms with Gasteiger partial charge >= 0.3 is 5.97 Å².